The highest BCUT2D eigenvalue weighted by Crippen LogP contribution is 2.06. The molecule has 4 N–H and O–H groups in total. The van der Waals surface area contributed by atoms with E-state index in [9.17, 15) is 13.2 Å². The van der Waals surface area contributed by atoms with Crippen molar-refractivity contribution in [2.45, 2.75) is 6.92 Å². The van der Waals surface area contributed by atoms with Crippen LogP contribution >= 0.6 is 24.8 Å². The van der Waals surface area contributed by atoms with E-state index in [-0.39, 0.29) is 43.8 Å². The van der Waals surface area contributed by atoms with Crippen molar-refractivity contribution >= 4 is 52.7 Å². The summed E-state index contributed by atoms with van der Waals surface area (Å²) < 4.78 is 30.0. The van der Waals surface area contributed by atoms with Crippen LogP contribution in [0.3, 0.4) is 0 Å². The number of carbonyl (C=O) groups is 1. The molecule has 0 saturated heterocycles. The molecule has 1 aromatic rings. The molecule has 0 atom stereocenters. The number of nitrogen functional groups attached to an aromatic ring is 1. The monoisotopic (exact) mass is 397 g/mol. The van der Waals surface area contributed by atoms with Crippen molar-refractivity contribution in [1.82, 2.24) is 4.72 Å². The lowest BCUT2D eigenvalue weighted by atomic mass is 10.1. The Hall–Kier alpha value is -1.61. The molecule has 0 amide bonds. The molecule has 0 aromatic heterocycles. The maximum atomic E-state index is 11.6. The Kier molecular flexibility index (Phi) is 12.2. The van der Waals surface area contributed by atoms with E-state index in [0.717, 1.165) is 5.56 Å². The third-order valence-electron chi connectivity index (χ3n) is 2.54. The summed E-state index contributed by atoms with van der Waals surface area (Å²) in [6, 6.07) is 6.98. The van der Waals surface area contributed by atoms with E-state index in [1.165, 1.54) is 0 Å². The fourth-order valence-electron chi connectivity index (χ4n) is 1.59. The van der Waals surface area contributed by atoms with Gasteiger partial charge >= 0.3 is 5.97 Å². The van der Waals surface area contributed by atoms with Crippen molar-refractivity contribution in [2.24, 2.45) is 5.73 Å². The highest BCUT2D eigenvalue weighted by atomic mass is 35.5. The molecule has 1 rings (SSSR count). The Morgan fingerprint density at radius 2 is 2.04 bits per heavy atom. The van der Waals surface area contributed by atoms with E-state index in [1.807, 2.05) is 0 Å². The molecule has 7 nitrogen and oxygen atoms in total. The predicted octanol–water partition coefficient (Wildman–Crippen LogP) is 1.31. The van der Waals surface area contributed by atoms with Crippen LogP contribution in [0.1, 0.15) is 18.1 Å². The number of halogens is 2. The van der Waals surface area contributed by atoms with Crippen molar-refractivity contribution in [2.75, 3.05) is 18.9 Å². The van der Waals surface area contributed by atoms with E-state index >= 15 is 0 Å². The average Bonchev–Trinajstić information content (AvgIpc) is 2.43. The number of rotatable bonds is 8. The molecule has 136 valence electrons. The first-order valence-corrected chi connectivity index (χ1v) is 8.23. The number of nitrogens with two attached hydrogens (primary N) is 1. The summed E-state index contributed by atoms with van der Waals surface area (Å²) in [5.74, 6) is -1.52. The lowest BCUT2D eigenvalue weighted by Gasteiger charge is -2.04. The molecular formula is C14H21Cl2N3O4S. The standard InChI is InChI=1S/C14H19N3O4S.2ClH/c1-2-21-13(18)10-22(19,20)17-8-4-6-11-5-3-7-12(9-11)14(15)16;;/h3-7,9,17H,2,8,10H2,1H3,(H3,15,16);2*1H/b6-4+;;. The van der Waals surface area contributed by atoms with E-state index < -0.39 is 21.7 Å². The first kappa shape index (κ1) is 24.6. The van der Waals surface area contributed by atoms with E-state index in [1.54, 1.807) is 43.3 Å². The van der Waals surface area contributed by atoms with Crippen LogP contribution in [0.4, 0.5) is 0 Å². The van der Waals surface area contributed by atoms with Crippen LogP contribution in [0.5, 0.6) is 0 Å². The maximum absolute atomic E-state index is 11.6. The van der Waals surface area contributed by atoms with Gasteiger partial charge in [-0.1, -0.05) is 30.4 Å². The van der Waals surface area contributed by atoms with Crippen molar-refractivity contribution in [3.63, 3.8) is 0 Å². The molecule has 0 fully saturated rings. The second kappa shape index (κ2) is 11.9. The molecule has 0 unspecified atom stereocenters. The van der Waals surface area contributed by atoms with Crippen molar-refractivity contribution in [3.05, 3.63) is 41.5 Å². The fraction of sp³-hybridized carbons (Fsp3) is 0.286. The van der Waals surface area contributed by atoms with Gasteiger partial charge in [0.25, 0.3) is 0 Å². The van der Waals surface area contributed by atoms with Gasteiger partial charge < -0.3 is 10.5 Å². The summed E-state index contributed by atoms with van der Waals surface area (Å²) in [7, 11) is -3.71. The Balaban J connectivity index is 0. The molecule has 0 aliphatic carbocycles. The molecule has 0 aliphatic rings. The van der Waals surface area contributed by atoms with Crippen LogP contribution in [0.2, 0.25) is 0 Å². The van der Waals surface area contributed by atoms with Crippen molar-refractivity contribution in [1.29, 1.82) is 5.41 Å². The van der Waals surface area contributed by atoms with Crippen LogP contribution in [0.25, 0.3) is 6.08 Å². The molecule has 1 aromatic carbocycles. The number of hydrogen-bond donors (Lipinski definition) is 3. The molecular weight excluding hydrogens is 377 g/mol. The summed E-state index contributed by atoms with van der Waals surface area (Å²) in [6.45, 7) is 1.79. The number of esters is 1. The van der Waals surface area contributed by atoms with E-state index in [2.05, 4.69) is 9.46 Å². The molecule has 0 bridgehead atoms. The molecule has 0 heterocycles. The Labute approximate surface area is 154 Å². The number of sulfonamides is 1. The summed E-state index contributed by atoms with van der Waals surface area (Å²) in [5.41, 5.74) is 6.77. The summed E-state index contributed by atoms with van der Waals surface area (Å²) in [5, 5.41) is 7.34. The minimum Gasteiger partial charge on any atom is -0.465 e. The third-order valence-corrected chi connectivity index (χ3v) is 3.76. The minimum absolute atomic E-state index is 0. The van der Waals surface area contributed by atoms with E-state index in [0.29, 0.717) is 5.56 Å². The number of hydrogen-bond acceptors (Lipinski definition) is 5. The molecule has 0 spiro atoms. The lowest BCUT2D eigenvalue weighted by molar-refractivity contribution is -0.139. The van der Waals surface area contributed by atoms with Gasteiger partial charge in [0.15, 0.2) is 5.75 Å². The zero-order chi connectivity index (χ0) is 16.6. The molecule has 0 saturated carbocycles. The van der Waals surface area contributed by atoms with E-state index in [4.69, 9.17) is 11.1 Å². The number of carbonyl (C=O) groups excluding carboxylic acids is 1. The first-order chi connectivity index (χ1) is 10.3. The number of nitrogens with one attached hydrogen (secondary N) is 2. The van der Waals surface area contributed by atoms with Crippen LogP contribution < -0.4 is 10.5 Å². The number of amidine groups is 1. The summed E-state index contributed by atoms with van der Waals surface area (Å²) >= 11 is 0. The van der Waals surface area contributed by atoms with Crippen LogP contribution in [-0.4, -0.2) is 39.1 Å². The Bertz CT molecular complexity index is 678. The van der Waals surface area contributed by atoms with Gasteiger partial charge in [0.2, 0.25) is 10.0 Å². The zero-order valence-electron chi connectivity index (χ0n) is 13.0. The largest absolute Gasteiger partial charge is 0.465 e. The quantitative estimate of drug-likeness (QED) is 0.346. The van der Waals surface area contributed by atoms with Gasteiger partial charge in [-0.25, -0.2) is 13.1 Å². The molecule has 0 aliphatic heterocycles. The highest BCUT2D eigenvalue weighted by Gasteiger charge is 2.15. The normalized spacial score (nSPS) is 10.5. The summed E-state index contributed by atoms with van der Waals surface area (Å²) in [6.07, 6.45) is 3.29. The van der Waals surface area contributed by atoms with Crippen LogP contribution in [0, 0.1) is 5.41 Å². The van der Waals surface area contributed by atoms with Gasteiger partial charge in [0.1, 0.15) is 5.84 Å². The highest BCUT2D eigenvalue weighted by molar-refractivity contribution is 7.90. The first-order valence-electron chi connectivity index (χ1n) is 6.58. The second-order valence-electron chi connectivity index (χ2n) is 4.35. The lowest BCUT2D eigenvalue weighted by Crippen LogP contribution is -2.31. The average molecular weight is 398 g/mol. The number of benzene rings is 1. The summed E-state index contributed by atoms with van der Waals surface area (Å²) in [4.78, 5) is 11.1. The van der Waals surface area contributed by atoms with Gasteiger partial charge in [-0.2, -0.15) is 0 Å². The maximum Gasteiger partial charge on any atom is 0.322 e. The Morgan fingerprint density at radius 3 is 2.62 bits per heavy atom. The van der Waals surface area contributed by atoms with Crippen molar-refractivity contribution in [3.8, 4) is 0 Å². The van der Waals surface area contributed by atoms with Gasteiger partial charge in [-0.3, -0.25) is 10.2 Å². The second-order valence-corrected chi connectivity index (χ2v) is 6.16. The van der Waals surface area contributed by atoms with Crippen LogP contribution in [-0.2, 0) is 19.6 Å². The zero-order valence-corrected chi connectivity index (χ0v) is 15.5. The minimum atomic E-state index is -3.71. The topological polar surface area (TPSA) is 122 Å². The van der Waals surface area contributed by atoms with Gasteiger partial charge in [0, 0.05) is 12.1 Å². The van der Waals surface area contributed by atoms with Crippen LogP contribution in [0.15, 0.2) is 30.3 Å². The van der Waals surface area contributed by atoms with Gasteiger partial charge in [-0.05, 0) is 18.6 Å². The molecule has 10 heteroatoms. The Morgan fingerprint density at radius 1 is 1.38 bits per heavy atom. The van der Waals surface area contributed by atoms with Gasteiger partial charge in [0.05, 0.1) is 6.61 Å². The fourth-order valence-corrected chi connectivity index (χ4v) is 2.43. The molecule has 0 radical (unpaired) electrons. The molecule has 24 heavy (non-hydrogen) atoms. The smallest absolute Gasteiger partial charge is 0.322 e. The van der Waals surface area contributed by atoms with Gasteiger partial charge in [-0.15, -0.1) is 24.8 Å². The SMILES string of the molecule is CCOC(=O)CS(=O)(=O)NC/C=C/c1cccc(C(=N)N)c1.Cl.Cl. The van der Waals surface area contributed by atoms with Crippen molar-refractivity contribution < 1.29 is 17.9 Å². The number of ether oxygens (including phenoxy) is 1. The predicted molar refractivity (Wildman–Crippen MR) is 99.4 cm³/mol. The third kappa shape index (κ3) is 9.51.